The number of alkyl halides is 2. The Morgan fingerprint density at radius 1 is 1.03 bits per heavy atom. The minimum absolute atomic E-state index is 0.209. The van der Waals surface area contributed by atoms with Crippen LogP contribution in [-0.2, 0) is 13.0 Å². The van der Waals surface area contributed by atoms with Crippen LogP contribution in [0.4, 0.5) is 0 Å². The third-order valence-corrected chi connectivity index (χ3v) is 8.28. The van der Waals surface area contributed by atoms with Gasteiger partial charge >= 0.3 is 0 Å². The van der Waals surface area contributed by atoms with Crippen LogP contribution in [0.1, 0.15) is 69.4 Å². The van der Waals surface area contributed by atoms with Crippen LogP contribution in [0.3, 0.4) is 0 Å². The molecule has 0 radical (unpaired) electrons. The number of aryl methyl sites for hydroxylation is 1. The third-order valence-electron chi connectivity index (χ3n) is 5.89. The van der Waals surface area contributed by atoms with Gasteiger partial charge in [-0.3, -0.25) is 4.79 Å². The number of unbranched alkanes of at least 4 members (excludes halogenated alkanes) is 3. The largest absolute Gasteiger partial charge is 0.353 e. The first-order chi connectivity index (χ1) is 14.5. The first kappa shape index (κ1) is 23.8. The first-order valence-corrected chi connectivity index (χ1v) is 13.6. The van der Waals surface area contributed by atoms with Gasteiger partial charge in [0.25, 0.3) is 0 Å². The molecular weight excluding hydrogens is 596 g/mol. The summed E-state index contributed by atoms with van der Waals surface area (Å²) in [5.41, 5.74) is 4.25. The molecule has 0 bridgehead atoms. The molecule has 1 aromatic heterocycles. The molecule has 2 nitrogen and oxygen atoms in total. The van der Waals surface area contributed by atoms with Gasteiger partial charge in [-0.15, -0.1) is 5.92 Å². The van der Waals surface area contributed by atoms with Crippen molar-refractivity contribution in [3.8, 4) is 23.0 Å². The van der Waals surface area contributed by atoms with Gasteiger partial charge in [0.05, 0.1) is 0 Å². The smallest absolute Gasteiger partial charge is 0.192 e. The van der Waals surface area contributed by atoms with Gasteiger partial charge in [0.2, 0.25) is 0 Å². The van der Waals surface area contributed by atoms with Crippen LogP contribution >= 0.6 is 45.2 Å². The fourth-order valence-corrected chi connectivity index (χ4v) is 7.44. The lowest BCUT2D eigenvalue weighted by atomic mass is 9.95. The second-order valence-electron chi connectivity index (χ2n) is 8.16. The van der Waals surface area contributed by atoms with Crippen molar-refractivity contribution in [1.82, 2.24) is 4.57 Å². The fourth-order valence-electron chi connectivity index (χ4n) is 4.08. The van der Waals surface area contributed by atoms with Crippen molar-refractivity contribution in [2.75, 3.05) is 0 Å². The Labute approximate surface area is 208 Å². The number of rotatable bonds is 7. The van der Waals surface area contributed by atoms with E-state index < -0.39 is 0 Å². The molecule has 3 unspecified atom stereocenters. The molecule has 0 amide bonds. The standard InChI is InChI=1S/C26H31I2NO/c1-3-5-6-7-8-9-10-19-11-13-20(14-12-19)23-17-29(4-2)18-24(26(23)30)22-15-21(27)16-25(22)28/h11-14,17-18,21-22,25H,3-7,10,15-16H2,1-2H3. The highest BCUT2D eigenvalue weighted by atomic mass is 127. The van der Waals surface area contributed by atoms with E-state index in [4.69, 9.17) is 0 Å². The zero-order valence-electron chi connectivity index (χ0n) is 18.0. The van der Waals surface area contributed by atoms with Crippen LogP contribution in [0.15, 0.2) is 41.5 Å². The maximum absolute atomic E-state index is 13.4. The van der Waals surface area contributed by atoms with Gasteiger partial charge in [-0.25, -0.2) is 0 Å². The highest BCUT2D eigenvalue weighted by Gasteiger charge is 2.34. The molecule has 1 aromatic carbocycles. The number of hydrogen-bond acceptors (Lipinski definition) is 1. The Bertz CT molecular complexity index is 952. The van der Waals surface area contributed by atoms with Gasteiger partial charge in [0.15, 0.2) is 5.43 Å². The molecule has 1 fully saturated rings. The number of aromatic nitrogens is 1. The monoisotopic (exact) mass is 627 g/mol. The molecule has 30 heavy (non-hydrogen) atoms. The predicted octanol–water partition coefficient (Wildman–Crippen LogP) is 7.15. The zero-order chi connectivity index (χ0) is 21.5. The number of nitrogens with zero attached hydrogens (tertiary/aromatic N) is 1. The van der Waals surface area contributed by atoms with Crippen LogP contribution < -0.4 is 5.43 Å². The highest BCUT2D eigenvalue weighted by molar-refractivity contribution is 14.1. The third kappa shape index (κ3) is 6.12. The quantitative estimate of drug-likeness (QED) is 0.139. The number of halogens is 2. The topological polar surface area (TPSA) is 22.0 Å². The van der Waals surface area contributed by atoms with E-state index in [1.807, 2.05) is 6.20 Å². The van der Waals surface area contributed by atoms with Crippen molar-refractivity contribution in [2.24, 2.45) is 0 Å². The van der Waals surface area contributed by atoms with E-state index >= 15 is 0 Å². The first-order valence-electron chi connectivity index (χ1n) is 11.1. The summed E-state index contributed by atoms with van der Waals surface area (Å²) in [6, 6.07) is 8.42. The molecule has 1 heterocycles. The zero-order valence-corrected chi connectivity index (χ0v) is 22.3. The van der Waals surface area contributed by atoms with E-state index in [0.717, 1.165) is 42.5 Å². The number of benzene rings is 1. The summed E-state index contributed by atoms with van der Waals surface area (Å²) >= 11 is 5.08. The molecule has 0 N–H and O–H groups in total. The van der Waals surface area contributed by atoms with E-state index in [1.165, 1.54) is 31.2 Å². The van der Waals surface area contributed by atoms with Gasteiger partial charge in [-0.05, 0) is 37.3 Å². The van der Waals surface area contributed by atoms with Crippen LogP contribution in [0.5, 0.6) is 0 Å². The van der Waals surface area contributed by atoms with Crippen molar-refractivity contribution >= 4 is 45.2 Å². The average Bonchev–Trinajstić information content (AvgIpc) is 3.09. The second kappa shape index (κ2) is 11.7. The second-order valence-corrected chi connectivity index (χ2v) is 11.5. The minimum atomic E-state index is 0.209. The molecule has 0 saturated heterocycles. The van der Waals surface area contributed by atoms with E-state index in [9.17, 15) is 4.79 Å². The SMILES string of the molecule is CCCCCC#CCc1ccc(-c2cn(CC)cc(C3CC(I)CC3I)c2=O)cc1. The summed E-state index contributed by atoms with van der Waals surface area (Å²) in [6.07, 6.45) is 11.9. The lowest BCUT2D eigenvalue weighted by Crippen LogP contribution is -2.20. The Balaban J connectivity index is 1.81. The Morgan fingerprint density at radius 3 is 2.43 bits per heavy atom. The normalized spacial score (nSPS) is 20.7. The van der Waals surface area contributed by atoms with Crippen molar-refractivity contribution in [1.29, 1.82) is 0 Å². The Hall–Kier alpha value is -0.810. The van der Waals surface area contributed by atoms with Gasteiger partial charge in [-0.1, -0.05) is 95.1 Å². The Kier molecular flexibility index (Phi) is 9.31. The number of pyridine rings is 1. The van der Waals surface area contributed by atoms with E-state index in [0.29, 0.717) is 13.8 Å². The summed E-state index contributed by atoms with van der Waals surface area (Å²) in [4.78, 5) is 13.4. The lowest BCUT2D eigenvalue weighted by Gasteiger charge is -2.17. The molecule has 0 aliphatic heterocycles. The van der Waals surface area contributed by atoms with Gasteiger partial charge < -0.3 is 4.57 Å². The van der Waals surface area contributed by atoms with E-state index in [-0.39, 0.29) is 5.43 Å². The highest BCUT2D eigenvalue weighted by Crippen LogP contribution is 2.42. The molecule has 3 atom stereocenters. The molecule has 2 aromatic rings. The average molecular weight is 627 g/mol. The van der Waals surface area contributed by atoms with Crippen LogP contribution in [0, 0.1) is 11.8 Å². The molecule has 3 rings (SSSR count). The molecule has 1 aliphatic rings. The molecule has 4 heteroatoms. The predicted molar refractivity (Wildman–Crippen MR) is 145 cm³/mol. The molecule has 1 saturated carbocycles. The molecule has 0 spiro atoms. The summed E-state index contributed by atoms with van der Waals surface area (Å²) in [5.74, 6) is 6.93. The lowest BCUT2D eigenvalue weighted by molar-refractivity contribution is 0.699. The van der Waals surface area contributed by atoms with E-state index in [2.05, 4.69) is 106 Å². The van der Waals surface area contributed by atoms with Crippen molar-refractivity contribution < 1.29 is 0 Å². The van der Waals surface area contributed by atoms with Crippen LogP contribution in [0.2, 0.25) is 0 Å². The maximum Gasteiger partial charge on any atom is 0.192 e. The molecule has 160 valence electrons. The summed E-state index contributed by atoms with van der Waals surface area (Å²) in [5, 5.41) is 0. The van der Waals surface area contributed by atoms with Crippen molar-refractivity contribution in [3.05, 3.63) is 58.0 Å². The molecular formula is C26H31I2NO. The van der Waals surface area contributed by atoms with Gasteiger partial charge in [0.1, 0.15) is 0 Å². The summed E-state index contributed by atoms with van der Waals surface area (Å²) < 4.78 is 3.37. The van der Waals surface area contributed by atoms with Gasteiger partial charge in [-0.2, -0.15) is 0 Å². The number of hydrogen-bond donors (Lipinski definition) is 0. The van der Waals surface area contributed by atoms with Gasteiger partial charge in [0, 0.05) is 56.7 Å². The Morgan fingerprint density at radius 2 is 1.80 bits per heavy atom. The summed E-state index contributed by atoms with van der Waals surface area (Å²) in [6.45, 7) is 5.23. The maximum atomic E-state index is 13.4. The van der Waals surface area contributed by atoms with E-state index in [1.54, 1.807) is 0 Å². The van der Waals surface area contributed by atoms with Crippen molar-refractivity contribution in [2.45, 2.75) is 79.1 Å². The van der Waals surface area contributed by atoms with Crippen LogP contribution in [0.25, 0.3) is 11.1 Å². The summed E-state index contributed by atoms with van der Waals surface area (Å²) in [7, 11) is 0. The van der Waals surface area contributed by atoms with Crippen LogP contribution in [-0.4, -0.2) is 12.4 Å². The minimum Gasteiger partial charge on any atom is -0.353 e. The van der Waals surface area contributed by atoms with Crippen molar-refractivity contribution in [3.63, 3.8) is 0 Å². The molecule has 1 aliphatic carbocycles. The fraction of sp³-hybridized carbons (Fsp3) is 0.500.